The predicted octanol–water partition coefficient (Wildman–Crippen LogP) is 2.20. The Kier molecular flexibility index (Phi) is 2.68. The van der Waals surface area contributed by atoms with Crippen molar-refractivity contribution < 1.29 is 9.59 Å². The Morgan fingerprint density at radius 2 is 1.60 bits per heavy atom. The molecule has 0 aliphatic carbocycles. The third-order valence-electron chi connectivity index (χ3n) is 3.30. The maximum atomic E-state index is 11.6. The van der Waals surface area contributed by atoms with Gasteiger partial charge in [0.05, 0.1) is 11.1 Å². The minimum atomic E-state index is -0.364. The van der Waals surface area contributed by atoms with Crippen molar-refractivity contribution >= 4 is 28.9 Å². The average molecular weight is 267 g/mol. The van der Waals surface area contributed by atoms with Crippen LogP contribution in [0.15, 0.2) is 36.4 Å². The molecule has 0 spiro atoms. The molecule has 4 N–H and O–H groups in total. The number of aryl methyl sites for hydroxylation is 1. The number of hydrogen-bond acceptors (Lipinski definition) is 4. The maximum Gasteiger partial charge on any atom is 0.259 e. The van der Waals surface area contributed by atoms with Crippen molar-refractivity contribution in [1.29, 1.82) is 0 Å². The number of amides is 2. The molecule has 2 aromatic rings. The molecule has 0 aromatic heterocycles. The number of nitrogens with two attached hydrogens (primary N) is 1. The van der Waals surface area contributed by atoms with Crippen molar-refractivity contribution in [2.24, 2.45) is 0 Å². The van der Waals surface area contributed by atoms with Gasteiger partial charge in [-0.05, 0) is 42.8 Å². The highest BCUT2D eigenvalue weighted by Crippen LogP contribution is 2.25. The van der Waals surface area contributed by atoms with Crippen LogP contribution in [0.3, 0.4) is 0 Å². The highest BCUT2D eigenvalue weighted by Gasteiger charge is 2.26. The van der Waals surface area contributed by atoms with Gasteiger partial charge in [-0.2, -0.15) is 0 Å². The van der Waals surface area contributed by atoms with E-state index in [-0.39, 0.29) is 11.8 Å². The van der Waals surface area contributed by atoms with Crippen LogP contribution < -0.4 is 16.4 Å². The van der Waals surface area contributed by atoms with Gasteiger partial charge in [-0.25, -0.2) is 0 Å². The zero-order chi connectivity index (χ0) is 14.3. The Labute approximate surface area is 115 Å². The Hall–Kier alpha value is -2.82. The molecular weight excluding hydrogens is 254 g/mol. The topological polar surface area (TPSA) is 84.2 Å². The van der Waals surface area contributed by atoms with Crippen molar-refractivity contribution in [3.63, 3.8) is 0 Å². The summed E-state index contributed by atoms with van der Waals surface area (Å²) in [7, 11) is 0. The van der Waals surface area contributed by atoms with Gasteiger partial charge >= 0.3 is 0 Å². The van der Waals surface area contributed by atoms with Crippen LogP contribution in [-0.2, 0) is 0 Å². The van der Waals surface area contributed by atoms with E-state index in [2.05, 4.69) is 10.6 Å². The summed E-state index contributed by atoms with van der Waals surface area (Å²) < 4.78 is 0. The van der Waals surface area contributed by atoms with Crippen LogP contribution in [0.1, 0.15) is 26.3 Å². The molecule has 0 radical (unpaired) electrons. The van der Waals surface area contributed by atoms with E-state index in [1.807, 2.05) is 25.1 Å². The summed E-state index contributed by atoms with van der Waals surface area (Å²) in [5.41, 5.74) is 9.92. The van der Waals surface area contributed by atoms with Crippen molar-refractivity contribution in [3.05, 3.63) is 53.1 Å². The number of carbonyl (C=O) groups excluding carboxylic acids is 2. The van der Waals surface area contributed by atoms with Gasteiger partial charge < -0.3 is 11.1 Å². The van der Waals surface area contributed by atoms with Crippen LogP contribution in [0.25, 0.3) is 0 Å². The van der Waals surface area contributed by atoms with Gasteiger partial charge in [0.15, 0.2) is 0 Å². The number of rotatable bonds is 2. The summed E-state index contributed by atoms with van der Waals surface area (Å²) in [6.07, 6.45) is 0. The molecule has 0 unspecified atom stereocenters. The third-order valence-corrected chi connectivity index (χ3v) is 3.30. The van der Waals surface area contributed by atoms with Gasteiger partial charge in [-0.1, -0.05) is 6.07 Å². The first-order chi connectivity index (χ1) is 9.54. The number of carbonyl (C=O) groups is 2. The molecule has 0 bridgehead atoms. The van der Waals surface area contributed by atoms with Crippen LogP contribution in [0, 0.1) is 6.92 Å². The molecule has 2 aromatic carbocycles. The van der Waals surface area contributed by atoms with E-state index in [4.69, 9.17) is 5.73 Å². The molecular formula is C15H13N3O2. The lowest BCUT2D eigenvalue weighted by Crippen LogP contribution is -2.19. The van der Waals surface area contributed by atoms with E-state index in [9.17, 15) is 9.59 Å². The van der Waals surface area contributed by atoms with Gasteiger partial charge in [0.25, 0.3) is 11.8 Å². The fourth-order valence-corrected chi connectivity index (χ4v) is 2.13. The van der Waals surface area contributed by atoms with Crippen LogP contribution in [0.5, 0.6) is 0 Å². The number of nitrogens with one attached hydrogen (secondary N) is 2. The maximum absolute atomic E-state index is 11.6. The molecule has 20 heavy (non-hydrogen) atoms. The van der Waals surface area contributed by atoms with Crippen LogP contribution >= 0.6 is 0 Å². The highest BCUT2D eigenvalue weighted by molar-refractivity contribution is 6.21. The van der Waals surface area contributed by atoms with Crippen LogP contribution in [0.4, 0.5) is 17.1 Å². The van der Waals surface area contributed by atoms with E-state index in [1.165, 1.54) is 0 Å². The summed E-state index contributed by atoms with van der Waals surface area (Å²) in [6, 6.07) is 10.7. The Bertz CT molecular complexity index is 738. The predicted molar refractivity (Wildman–Crippen MR) is 77.1 cm³/mol. The lowest BCUT2D eigenvalue weighted by molar-refractivity contribution is 0.0879. The van der Waals surface area contributed by atoms with E-state index >= 15 is 0 Å². The molecule has 1 heterocycles. The molecule has 0 atom stereocenters. The Morgan fingerprint density at radius 1 is 0.950 bits per heavy atom. The standard InChI is InChI=1S/C15H13N3O2/c1-8-2-3-10(7-13(8)16)17-9-4-5-11-12(6-9)15(20)18-14(11)19/h2-7,17H,16H2,1H3,(H,18,19,20). The van der Waals surface area contributed by atoms with E-state index in [1.54, 1.807) is 18.2 Å². The number of nitrogen functional groups attached to an aromatic ring is 1. The molecule has 100 valence electrons. The third kappa shape index (κ3) is 1.99. The summed E-state index contributed by atoms with van der Waals surface area (Å²) in [6.45, 7) is 1.93. The quantitative estimate of drug-likeness (QED) is 0.575. The van der Waals surface area contributed by atoms with Crippen molar-refractivity contribution in [1.82, 2.24) is 5.32 Å². The van der Waals surface area contributed by atoms with Gasteiger partial charge in [0, 0.05) is 17.1 Å². The zero-order valence-electron chi connectivity index (χ0n) is 10.9. The average Bonchev–Trinajstić information content (AvgIpc) is 2.69. The number of anilines is 3. The largest absolute Gasteiger partial charge is 0.398 e. The first-order valence-electron chi connectivity index (χ1n) is 6.17. The monoisotopic (exact) mass is 267 g/mol. The summed E-state index contributed by atoms with van der Waals surface area (Å²) in [4.78, 5) is 23.1. The first kappa shape index (κ1) is 12.2. The highest BCUT2D eigenvalue weighted by atomic mass is 16.2. The Morgan fingerprint density at radius 3 is 2.35 bits per heavy atom. The van der Waals surface area contributed by atoms with Crippen molar-refractivity contribution in [3.8, 4) is 0 Å². The van der Waals surface area contributed by atoms with Gasteiger partial charge in [0.2, 0.25) is 0 Å². The Balaban J connectivity index is 1.92. The van der Waals surface area contributed by atoms with Crippen molar-refractivity contribution in [2.75, 3.05) is 11.1 Å². The van der Waals surface area contributed by atoms with E-state index in [0.29, 0.717) is 16.8 Å². The fraction of sp³-hybridized carbons (Fsp3) is 0.0667. The minimum absolute atomic E-state index is 0.351. The number of benzene rings is 2. The second kappa shape index (κ2) is 4.38. The van der Waals surface area contributed by atoms with Gasteiger partial charge in [0.1, 0.15) is 0 Å². The van der Waals surface area contributed by atoms with Crippen LogP contribution in [0.2, 0.25) is 0 Å². The number of fused-ring (bicyclic) bond motifs is 1. The SMILES string of the molecule is Cc1ccc(Nc2ccc3c(c2)C(=O)NC3=O)cc1N. The molecule has 0 saturated heterocycles. The molecule has 0 saturated carbocycles. The summed E-state index contributed by atoms with van der Waals surface area (Å²) >= 11 is 0. The second-order valence-corrected chi connectivity index (χ2v) is 4.74. The summed E-state index contributed by atoms with van der Waals surface area (Å²) in [5.74, 6) is -0.715. The number of imide groups is 1. The van der Waals surface area contributed by atoms with Gasteiger partial charge in [-0.15, -0.1) is 0 Å². The molecule has 1 aliphatic rings. The number of hydrogen-bond donors (Lipinski definition) is 3. The van der Waals surface area contributed by atoms with Crippen molar-refractivity contribution in [2.45, 2.75) is 6.92 Å². The lowest BCUT2D eigenvalue weighted by Gasteiger charge is -2.09. The first-order valence-corrected chi connectivity index (χ1v) is 6.17. The summed E-state index contributed by atoms with van der Waals surface area (Å²) in [5, 5.41) is 5.43. The van der Waals surface area contributed by atoms with Gasteiger partial charge in [-0.3, -0.25) is 14.9 Å². The fourth-order valence-electron chi connectivity index (χ4n) is 2.13. The molecule has 1 aliphatic heterocycles. The molecule has 5 nitrogen and oxygen atoms in total. The zero-order valence-corrected chi connectivity index (χ0v) is 10.9. The molecule has 5 heteroatoms. The minimum Gasteiger partial charge on any atom is -0.398 e. The smallest absolute Gasteiger partial charge is 0.259 e. The lowest BCUT2D eigenvalue weighted by atomic mass is 10.1. The molecule has 2 amide bonds. The van der Waals surface area contributed by atoms with Crippen LogP contribution in [-0.4, -0.2) is 11.8 Å². The van der Waals surface area contributed by atoms with E-state index in [0.717, 1.165) is 16.9 Å². The second-order valence-electron chi connectivity index (χ2n) is 4.74. The van der Waals surface area contributed by atoms with E-state index < -0.39 is 0 Å². The molecule has 3 rings (SSSR count). The molecule has 0 fully saturated rings. The normalized spacial score (nSPS) is 13.1.